The maximum atomic E-state index is 9.35. The Balaban J connectivity index is 2.30. The van der Waals surface area contributed by atoms with Crippen LogP contribution < -0.4 is 5.73 Å². The molecule has 4 heteroatoms. The van der Waals surface area contributed by atoms with Crippen LogP contribution in [0.25, 0.3) is 11.3 Å². The second-order valence-corrected chi connectivity index (χ2v) is 5.11. The topological polar surface area (TPSA) is 75.8 Å². The predicted molar refractivity (Wildman–Crippen MR) is 72.3 cm³/mol. The summed E-state index contributed by atoms with van der Waals surface area (Å²) in [5.41, 5.74) is 9.33. The van der Waals surface area contributed by atoms with Crippen LogP contribution in [0.5, 0.6) is 0 Å². The van der Waals surface area contributed by atoms with Gasteiger partial charge in [-0.25, -0.2) is 4.98 Å². The highest BCUT2D eigenvalue weighted by atomic mass is 16.3. The molecule has 2 aromatic heterocycles. The summed E-state index contributed by atoms with van der Waals surface area (Å²) < 4.78 is 5.48. The average Bonchev–Trinajstić information content (AvgIpc) is 2.91. The van der Waals surface area contributed by atoms with Gasteiger partial charge >= 0.3 is 0 Å². The van der Waals surface area contributed by atoms with Crippen LogP contribution in [0.2, 0.25) is 0 Å². The van der Waals surface area contributed by atoms with Gasteiger partial charge in [-0.1, -0.05) is 6.92 Å². The van der Waals surface area contributed by atoms with Gasteiger partial charge in [0.05, 0.1) is 6.26 Å². The van der Waals surface area contributed by atoms with Crippen LogP contribution >= 0.6 is 0 Å². The van der Waals surface area contributed by atoms with Crippen molar-refractivity contribution in [2.45, 2.75) is 26.2 Å². The van der Waals surface area contributed by atoms with Crippen LogP contribution in [0.3, 0.4) is 0 Å². The molecule has 0 radical (unpaired) electrons. The van der Waals surface area contributed by atoms with E-state index in [4.69, 9.17) is 10.2 Å². The van der Waals surface area contributed by atoms with Crippen molar-refractivity contribution in [3.63, 3.8) is 0 Å². The number of hydrogen-bond acceptors (Lipinski definition) is 4. The normalized spacial score (nSPS) is 17.8. The Labute approximate surface area is 111 Å². The van der Waals surface area contributed by atoms with Crippen molar-refractivity contribution in [2.75, 3.05) is 5.73 Å². The first kappa shape index (κ1) is 11.8. The summed E-state index contributed by atoms with van der Waals surface area (Å²) in [4.78, 5) is 4.40. The third kappa shape index (κ3) is 1.88. The van der Waals surface area contributed by atoms with Gasteiger partial charge in [0, 0.05) is 11.3 Å². The van der Waals surface area contributed by atoms with E-state index in [0.29, 0.717) is 23.1 Å². The molecule has 1 aliphatic carbocycles. The van der Waals surface area contributed by atoms with Crippen molar-refractivity contribution < 1.29 is 4.42 Å². The Morgan fingerprint density at radius 2 is 2.37 bits per heavy atom. The summed E-state index contributed by atoms with van der Waals surface area (Å²) in [5, 5.41) is 9.35. The Hall–Kier alpha value is -2.28. The summed E-state index contributed by atoms with van der Waals surface area (Å²) in [5.74, 6) is 1.61. The molecular formula is C15H15N3O. The molecule has 2 heterocycles. The molecule has 2 aromatic rings. The van der Waals surface area contributed by atoms with E-state index in [1.165, 1.54) is 0 Å². The Morgan fingerprint density at radius 3 is 3.05 bits per heavy atom. The van der Waals surface area contributed by atoms with Crippen molar-refractivity contribution in [3.8, 4) is 17.4 Å². The van der Waals surface area contributed by atoms with E-state index in [9.17, 15) is 5.26 Å². The number of nitriles is 1. The van der Waals surface area contributed by atoms with Crippen molar-refractivity contribution in [2.24, 2.45) is 5.92 Å². The minimum atomic E-state index is 0.308. The lowest BCUT2D eigenvalue weighted by molar-refractivity contribution is 0.493. The number of anilines is 1. The van der Waals surface area contributed by atoms with Crippen LogP contribution in [-0.4, -0.2) is 4.98 Å². The predicted octanol–water partition coefficient (Wildman–Crippen LogP) is 2.92. The van der Waals surface area contributed by atoms with Gasteiger partial charge in [0.25, 0.3) is 0 Å². The average molecular weight is 253 g/mol. The maximum Gasteiger partial charge on any atom is 0.142 e. The fraction of sp³-hybridized carbons (Fsp3) is 0.333. The number of fused-ring (bicyclic) bond motifs is 1. The second-order valence-electron chi connectivity index (χ2n) is 5.11. The van der Waals surface area contributed by atoms with Gasteiger partial charge < -0.3 is 10.2 Å². The number of hydrogen-bond donors (Lipinski definition) is 1. The van der Waals surface area contributed by atoms with Crippen LogP contribution in [0.1, 0.15) is 30.2 Å². The van der Waals surface area contributed by atoms with E-state index in [1.807, 2.05) is 12.1 Å². The van der Waals surface area contributed by atoms with E-state index in [0.717, 1.165) is 36.1 Å². The van der Waals surface area contributed by atoms with Crippen LogP contribution in [0.4, 0.5) is 5.82 Å². The first-order chi connectivity index (χ1) is 9.20. The standard InChI is InChI=1S/C15H15N3O/c1-9-4-5-12-10(7-9)14(13-3-2-6-19-13)11(8-16)15(17)18-12/h2-3,6,9H,4-5,7H2,1H3,(H2,17,18)/t9-/m1/s1. The van der Waals surface area contributed by atoms with Crippen molar-refractivity contribution >= 4 is 5.82 Å². The first-order valence-electron chi connectivity index (χ1n) is 6.46. The van der Waals surface area contributed by atoms with Gasteiger partial charge in [0.15, 0.2) is 0 Å². The number of rotatable bonds is 1. The number of furan rings is 1. The van der Waals surface area contributed by atoms with Crippen molar-refractivity contribution in [3.05, 3.63) is 35.2 Å². The molecule has 1 aliphatic rings. The Bertz CT molecular complexity index is 653. The molecule has 0 fully saturated rings. The zero-order chi connectivity index (χ0) is 13.4. The molecule has 2 N–H and O–H groups in total. The number of pyridine rings is 1. The van der Waals surface area contributed by atoms with Crippen LogP contribution in [0.15, 0.2) is 22.8 Å². The molecule has 0 saturated heterocycles. The lowest BCUT2D eigenvalue weighted by Gasteiger charge is -2.24. The lowest BCUT2D eigenvalue weighted by Crippen LogP contribution is -2.16. The van der Waals surface area contributed by atoms with Gasteiger partial charge in [0.2, 0.25) is 0 Å². The molecule has 3 rings (SSSR count). The maximum absolute atomic E-state index is 9.35. The number of aromatic nitrogens is 1. The zero-order valence-corrected chi connectivity index (χ0v) is 10.8. The number of nitrogens with two attached hydrogens (primary N) is 1. The largest absolute Gasteiger partial charge is 0.464 e. The van der Waals surface area contributed by atoms with Gasteiger partial charge in [-0.05, 0) is 42.9 Å². The third-order valence-corrected chi connectivity index (χ3v) is 3.72. The van der Waals surface area contributed by atoms with E-state index in [-0.39, 0.29) is 0 Å². The van der Waals surface area contributed by atoms with Gasteiger partial charge in [0.1, 0.15) is 23.2 Å². The molecular weight excluding hydrogens is 238 g/mol. The van der Waals surface area contributed by atoms with Gasteiger partial charge in [-0.3, -0.25) is 0 Å². The third-order valence-electron chi connectivity index (χ3n) is 3.72. The molecule has 0 amide bonds. The molecule has 0 unspecified atom stereocenters. The molecule has 0 aromatic carbocycles. The smallest absolute Gasteiger partial charge is 0.142 e. The SMILES string of the molecule is C[C@@H]1CCc2nc(N)c(C#N)c(-c3ccco3)c2C1. The molecule has 0 spiro atoms. The van der Waals surface area contributed by atoms with Gasteiger partial charge in [-0.2, -0.15) is 5.26 Å². The summed E-state index contributed by atoms with van der Waals surface area (Å²) in [6, 6.07) is 5.86. The van der Waals surface area contributed by atoms with E-state index >= 15 is 0 Å². The van der Waals surface area contributed by atoms with E-state index in [1.54, 1.807) is 6.26 Å². The highest BCUT2D eigenvalue weighted by Gasteiger charge is 2.25. The van der Waals surface area contributed by atoms with Crippen molar-refractivity contribution in [1.82, 2.24) is 4.98 Å². The fourth-order valence-corrected chi connectivity index (χ4v) is 2.76. The molecule has 1 atom stereocenters. The minimum Gasteiger partial charge on any atom is -0.464 e. The monoisotopic (exact) mass is 253 g/mol. The highest BCUT2D eigenvalue weighted by Crippen LogP contribution is 2.37. The molecule has 96 valence electrons. The summed E-state index contributed by atoms with van der Waals surface area (Å²) >= 11 is 0. The Kier molecular flexibility index (Phi) is 2.75. The molecule has 4 nitrogen and oxygen atoms in total. The molecule has 0 saturated carbocycles. The van der Waals surface area contributed by atoms with Crippen LogP contribution in [-0.2, 0) is 12.8 Å². The van der Waals surface area contributed by atoms with Gasteiger partial charge in [-0.15, -0.1) is 0 Å². The summed E-state index contributed by atoms with van der Waals surface area (Å²) in [6.07, 6.45) is 4.57. The first-order valence-corrected chi connectivity index (χ1v) is 6.46. The number of nitrogens with zero attached hydrogens (tertiary/aromatic N) is 2. The quantitative estimate of drug-likeness (QED) is 0.847. The fourth-order valence-electron chi connectivity index (χ4n) is 2.76. The summed E-state index contributed by atoms with van der Waals surface area (Å²) in [7, 11) is 0. The molecule has 0 bridgehead atoms. The number of aryl methyl sites for hydroxylation is 1. The highest BCUT2D eigenvalue weighted by molar-refractivity contribution is 5.76. The zero-order valence-electron chi connectivity index (χ0n) is 10.8. The Morgan fingerprint density at radius 1 is 1.53 bits per heavy atom. The van der Waals surface area contributed by atoms with E-state index in [2.05, 4.69) is 18.0 Å². The number of nitrogen functional groups attached to an aromatic ring is 1. The minimum absolute atomic E-state index is 0.308. The summed E-state index contributed by atoms with van der Waals surface area (Å²) in [6.45, 7) is 2.22. The van der Waals surface area contributed by atoms with E-state index < -0.39 is 0 Å². The lowest BCUT2D eigenvalue weighted by atomic mass is 9.83. The van der Waals surface area contributed by atoms with Crippen LogP contribution in [0, 0.1) is 17.2 Å². The second kappa shape index (κ2) is 4.43. The van der Waals surface area contributed by atoms with Crippen molar-refractivity contribution in [1.29, 1.82) is 5.26 Å². The molecule has 19 heavy (non-hydrogen) atoms. The molecule has 0 aliphatic heterocycles.